The van der Waals surface area contributed by atoms with Crippen LogP contribution in [0.2, 0.25) is 5.02 Å². The van der Waals surface area contributed by atoms with Gasteiger partial charge in [-0.1, -0.05) is 11.6 Å². The number of rotatable bonds is 5. The summed E-state index contributed by atoms with van der Waals surface area (Å²) in [5, 5.41) is 22.7. The third-order valence-electron chi connectivity index (χ3n) is 2.90. The van der Waals surface area contributed by atoms with Crippen molar-refractivity contribution in [2.24, 2.45) is 5.73 Å². The normalized spacial score (nSPS) is 10.4. The van der Waals surface area contributed by atoms with Crippen LogP contribution in [0.3, 0.4) is 0 Å². The highest BCUT2D eigenvalue weighted by Crippen LogP contribution is 2.31. The second-order valence-electron chi connectivity index (χ2n) is 4.40. The number of aryl methyl sites for hydroxylation is 1. The molecule has 0 aliphatic heterocycles. The highest BCUT2D eigenvalue weighted by molar-refractivity contribution is 6.30. The fourth-order valence-electron chi connectivity index (χ4n) is 2.03. The molecule has 1 heterocycles. The topological polar surface area (TPSA) is 97.1 Å². The molecule has 0 unspecified atom stereocenters. The highest BCUT2D eigenvalue weighted by atomic mass is 35.5. The fourth-order valence-corrected chi connectivity index (χ4v) is 2.25. The average molecular weight is 307 g/mol. The van der Waals surface area contributed by atoms with E-state index in [1.54, 1.807) is 29.8 Å². The number of aromatic nitrogens is 2. The minimum atomic E-state index is -0.0384. The lowest BCUT2D eigenvalue weighted by Crippen LogP contribution is -2.11. The Kier molecular flexibility index (Phi) is 4.81. The van der Waals surface area contributed by atoms with E-state index in [2.05, 4.69) is 5.10 Å². The number of halogens is 1. The first kappa shape index (κ1) is 15.3. The smallest absolute Gasteiger partial charge is 0.172 e. The van der Waals surface area contributed by atoms with E-state index in [4.69, 9.17) is 32.4 Å². The lowest BCUT2D eigenvalue weighted by molar-refractivity contribution is 0.267. The molecule has 110 valence electrons. The summed E-state index contributed by atoms with van der Waals surface area (Å²) in [7, 11) is 0. The zero-order chi connectivity index (χ0) is 15.4. The molecule has 7 heteroatoms. The number of nitrogens with zero attached hydrogens (tertiary/aromatic N) is 3. The van der Waals surface area contributed by atoms with Crippen molar-refractivity contribution in [3.8, 4) is 17.6 Å². The molecule has 0 spiro atoms. The van der Waals surface area contributed by atoms with Gasteiger partial charge in [0.05, 0.1) is 30.5 Å². The van der Waals surface area contributed by atoms with Crippen LogP contribution in [0.4, 0.5) is 0 Å². The van der Waals surface area contributed by atoms with Gasteiger partial charge in [0.1, 0.15) is 11.4 Å². The maximum absolute atomic E-state index is 9.04. The van der Waals surface area contributed by atoms with Crippen molar-refractivity contribution >= 4 is 11.6 Å². The van der Waals surface area contributed by atoms with Gasteiger partial charge in [0, 0.05) is 11.6 Å². The number of benzene rings is 1. The molecule has 0 aliphatic rings. The average Bonchev–Trinajstić information content (AvgIpc) is 2.74. The molecule has 0 fully saturated rings. The number of aliphatic hydroxyl groups excluding tert-OH is 1. The van der Waals surface area contributed by atoms with E-state index in [0.717, 1.165) is 0 Å². The van der Waals surface area contributed by atoms with Gasteiger partial charge in [-0.3, -0.25) is 4.68 Å². The standard InChI is InChI=1S/C14H15ClN4O2/c1-9-14(13(8-17)19(18-9)2-3-20)21-12-5-10(7-16)4-11(15)6-12/h4-6,20H,2-3,8,17H2,1H3. The second kappa shape index (κ2) is 6.59. The Morgan fingerprint density at radius 2 is 2.24 bits per heavy atom. The molecule has 0 amide bonds. The quantitative estimate of drug-likeness (QED) is 0.880. The molecule has 0 saturated carbocycles. The molecule has 0 saturated heterocycles. The number of ether oxygens (including phenoxy) is 1. The minimum Gasteiger partial charge on any atom is -0.453 e. The lowest BCUT2D eigenvalue weighted by Gasteiger charge is -2.09. The molecule has 1 aromatic heterocycles. The number of hydrogen-bond acceptors (Lipinski definition) is 5. The molecule has 3 N–H and O–H groups in total. The Morgan fingerprint density at radius 1 is 1.48 bits per heavy atom. The van der Waals surface area contributed by atoms with Crippen molar-refractivity contribution in [3.63, 3.8) is 0 Å². The van der Waals surface area contributed by atoms with Gasteiger partial charge in [0.25, 0.3) is 0 Å². The van der Waals surface area contributed by atoms with Crippen LogP contribution in [-0.2, 0) is 13.1 Å². The highest BCUT2D eigenvalue weighted by Gasteiger charge is 2.16. The zero-order valence-electron chi connectivity index (χ0n) is 11.5. The summed E-state index contributed by atoms with van der Waals surface area (Å²) in [5.41, 5.74) is 7.48. The number of aliphatic hydroxyl groups is 1. The minimum absolute atomic E-state index is 0.0384. The van der Waals surface area contributed by atoms with Gasteiger partial charge in [-0.05, 0) is 25.1 Å². The summed E-state index contributed by atoms with van der Waals surface area (Å²) in [6.07, 6.45) is 0. The van der Waals surface area contributed by atoms with Crippen LogP contribution < -0.4 is 10.5 Å². The van der Waals surface area contributed by atoms with Crippen LogP contribution in [0.15, 0.2) is 18.2 Å². The first-order valence-corrected chi connectivity index (χ1v) is 6.72. The van der Waals surface area contributed by atoms with E-state index < -0.39 is 0 Å². The number of nitriles is 1. The van der Waals surface area contributed by atoms with E-state index in [1.165, 1.54) is 0 Å². The maximum atomic E-state index is 9.04. The van der Waals surface area contributed by atoms with Gasteiger partial charge >= 0.3 is 0 Å². The second-order valence-corrected chi connectivity index (χ2v) is 4.84. The van der Waals surface area contributed by atoms with Gasteiger partial charge < -0.3 is 15.6 Å². The molecule has 0 aliphatic carbocycles. The Morgan fingerprint density at radius 3 is 2.86 bits per heavy atom. The molecular weight excluding hydrogens is 292 g/mol. The Balaban J connectivity index is 2.40. The van der Waals surface area contributed by atoms with Crippen LogP contribution in [-0.4, -0.2) is 21.5 Å². The molecular formula is C14H15ClN4O2. The third kappa shape index (κ3) is 3.34. The lowest BCUT2D eigenvalue weighted by atomic mass is 10.2. The molecule has 6 nitrogen and oxygen atoms in total. The maximum Gasteiger partial charge on any atom is 0.172 e. The van der Waals surface area contributed by atoms with Crippen molar-refractivity contribution < 1.29 is 9.84 Å². The van der Waals surface area contributed by atoms with Crippen LogP contribution in [0.5, 0.6) is 11.5 Å². The van der Waals surface area contributed by atoms with Gasteiger partial charge in [-0.25, -0.2) is 0 Å². The molecule has 0 bridgehead atoms. The van der Waals surface area contributed by atoms with Crippen LogP contribution in [0.1, 0.15) is 17.0 Å². The Hall–Kier alpha value is -2.07. The summed E-state index contributed by atoms with van der Waals surface area (Å²) in [6, 6.07) is 6.78. The molecule has 21 heavy (non-hydrogen) atoms. The third-order valence-corrected chi connectivity index (χ3v) is 3.12. The van der Waals surface area contributed by atoms with Gasteiger partial charge in [0.15, 0.2) is 5.75 Å². The van der Waals surface area contributed by atoms with E-state index in [0.29, 0.717) is 40.0 Å². The molecule has 2 rings (SSSR count). The number of hydrogen-bond donors (Lipinski definition) is 2. The van der Waals surface area contributed by atoms with E-state index >= 15 is 0 Å². The van der Waals surface area contributed by atoms with Crippen molar-refractivity contribution in [1.82, 2.24) is 9.78 Å². The summed E-state index contributed by atoms with van der Waals surface area (Å²) in [6.45, 7) is 2.32. The summed E-state index contributed by atoms with van der Waals surface area (Å²) in [5.74, 6) is 0.970. The zero-order valence-corrected chi connectivity index (χ0v) is 12.3. The van der Waals surface area contributed by atoms with Crippen molar-refractivity contribution in [2.75, 3.05) is 6.61 Å². The van der Waals surface area contributed by atoms with E-state index in [1.807, 2.05) is 6.07 Å². The van der Waals surface area contributed by atoms with Crippen molar-refractivity contribution in [1.29, 1.82) is 5.26 Å². The molecule has 2 aromatic rings. The summed E-state index contributed by atoms with van der Waals surface area (Å²) >= 11 is 5.95. The monoisotopic (exact) mass is 306 g/mol. The Bertz CT molecular complexity index is 691. The van der Waals surface area contributed by atoms with Crippen LogP contribution in [0, 0.1) is 18.3 Å². The van der Waals surface area contributed by atoms with Crippen LogP contribution in [0.25, 0.3) is 0 Å². The molecule has 1 aromatic carbocycles. The molecule has 0 radical (unpaired) electrons. The van der Waals surface area contributed by atoms with Gasteiger partial charge in [0.2, 0.25) is 0 Å². The fraction of sp³-hybridized carbons (Fsp3) is 0.286. The van der Waals surface area contributed by atoms with E-state index in [9.17, 15) is 0 Å². The Labute approximate surface area is 127 Å². The summed E-state index contributed by atoms with van der Waals surface area (Å²) < 4.78 is 7.41. The predicted octanol–water partition coefficient (Wildman–Crippen LogP) is 1.96. The predicted molar refractivity (Wildman–Crippen MR) is 78.2 cm³/mol. The molecule has 0 atom stereocenters. The van der Waals surface area contributed by atoms with Crippen LogP contribution >= 0.6 is 11.6 Å². The van der Waals surface area contributed by atoms with Gasteiger partial charge in [-0.2, -0.15) is 10.4 Å². The largest absolute Gasteiger partial charge is 0.453 e. The van der Waals surface area contributed by atoms with Crippen molar-refractivity contribution in [2.45, 2.75) is 20.0 Å². The van der Waals surface area contributed by atoms with Gasteiger partial charge in [-0.15, -0.1) is 0 Å². The first-order chi connectivity index (χ1) is 10.1. The van der Waals surface area contributed by atoms with Crippen molar-refractivity contribution in [3.05, 3.63) is 40.2 Å². The first-order valence-electron chi connectivity index (χ1n) is 6.34. The van der Waals surface area contributed by atoms with E-state index in [-0.39, 0.29) is 13.2 Å². The summed E-state index contributed by atoms with van der Waals surface area (Å²) in [4.78, 5) is 0. The SMILES string of the molecule is Cc1nn(CCO)c(CN)c1Oc1cc(Cl)cc(C#N)c1. The number of nitrogens with two attached hydrogens (primary N) is 1.